The first-order valence-corrected chi connectivity index (χ1v) is 11.2. The van der Waals surface area contributed by atoms with Crippen LogP contribution in [0.25, 0.3) is 16.9 Å². The number of benzene rings is 3. The minimum absolute atomic E-state index is 0.210. The maximum absolute atomic E-state index is 12.3. The summed E-state index contributed by atoms with van der Waals surface area (Å²) >= 11 is 0. The monoisotopic (exact) mass is 467 g/mol. The molecule has 0 aliphatic rings. The minimum Gasteiger partial charge on any atom is -0.494 e. The van der Waals surface area contributed by atoms with E-state index in [4.69, 9.17) is 9.84 Å². The van der Waals surface area contributed by atoms with E-state index < -0.39 is 5.91 Å². The number of ether oxygens (including phenoxy) is 1. The van der Waals surface area contributed by atoms with Gasteiger partial charge >= 0.3 is 0 Å². The van der Waals surface area contributed by atoms with Crippen LogP contribution >= 0.6 is 0 Å². The second-order valence-corrected chi connectivity index (χ2v) is 7.51. The van der Waals surface area contributed by atoms with Crippen molar-refractivity contribution in [3.8, 4) is 22.7 Å². The van der Waals surface area contributed by atoms with Gasteiger partial charge in [0.15, 0.2) is 0 Å². The van der Waals surface area contributed by atoms with E-state index in [1.165, 1.54) is 0 Å². The molecule has 1 heterocycles. The zero-order valence-electron chi connectivity index (χ0n) is 19.2. The van der Waals surface area contributed by atoms with Gasteiger partial charge in [0.05, 0.1) is 25.1 Å². The summed E-state index contributed by atoms with van der Waals surface area (Å²) in [5.41, 5.74) is 6.19. The average Bonchev–Trinajstić information content (AvgIpc) is 3.33. The first kappa shape index (κ1) is 23.4. The van der Waals surface area contributed by atoms with Gasteiger partial charge in [-0.2, -0.15) is 10.2 Å². The Kier molecular flexibility index (Phi) is 7.65. The number of hydrazone groups is 1. The Morgan fingerprint density at radius 2 is 1.66 bits per heavy atom. The van der Waals surface area contributed by atoms with E-state index in [9.17, 15) is 9.59 Å². The topological polar surface area (TPSA) is 97.6 Å². The molecular formula is C27H25N5O3. The summed E-state index contributed by atoms with van der Waals surface area (Å²) in [7, 11) is 0. The highest BCUT2D eigenvalue weighted by atomic mass is 16.5. The molecule has 0 saturated heterocycles. The van der Waals surface area contributed by atoms with E-state index in [-0.39, 0.29) is 12.5 Å². The van der Waals surface area contributed by atoms with Crippen LogP contribution < -0.4 is 15.5 Å². The van der Waals surface area contributed by atoms with Gasteiger partial charge in [0.2, 0.25) is 0 Å². The van der Waals surface area contributed by atoms with E-state index in [0.717, 1.165) is 22.5 Å². The predicted octanol–water partition coefficient (Wildman–Crippen LogP) is 3.82. The van der Waals surface area contributed by atoms with Gasteiger partial charge in [-0.1, -0.05) is 48.5 Å². The lowest BCUT2D eigenvalue weighted by Gasteiger charge is -2.06. The van der Waals surface area contributed by atoms with Gasteiger partial charge in [0.1, 0.15) is 11.4 Å². The molecule has 3 aromatic carbocycles. The third kappa shape index (κ3) is 6.20. The molecule has 0 fully saturated rings. The number of carbonyl (C=O) groups is 2. The number of hydrogen-bond acceptors (Lipinski definition) is 5. The number of hydrogen-bond donors (Lipinski definition) is 2. The molecule has 0 saturated carbocycles. The van der Waals surface area contributed by atoms with Gasteiger partial charge in [0.25, 0.3) is 11.8 Å². The maximum Gasteiger partial charge on any atom is 0.259 e. The molecule has 0 bridgehead atoms. The van der Waals surface area contributed by atoms with Crippen molar-refractivity contribution in [1.82, 2.24) is 20.5 Å². The molecule has 35 heavy (non-hydrogen) atoms. The van der Waals surface area contributed by atoms with Crippen molar-refractivity contribution in [2.75, 3.05) is 13.2 Å². The van der Waals surface area contributed by atoms with Crippen molar-refractivity contribution in [2.45, 2.75) is 6.92 Å². The van der Waals surface area contributed by atoms with E-state index in [1.54, 1.807) is 35.2 Å². The Labute approximate surface area is 203 Å². The second kappa shape index (κ2) is 11.4. The lowest BCUT2D eigenvalue weighted by Crippen LogP contribution is -2.34. The standard InChI is InChI=1S/C27H25N5O3/c1-2-35-24-15-13-21(14-16-24)27(34)28-18-25(33)30-29-17-22-19-32(23-11-7-4-8-12-23)31-26(22)20-9-5-3-6-10-20/h3-17,19H,2,18H2,1H3,(H,28,34)(H,30,33)/b29-17+. The minimum atomic E-state index is -0.447. The van der Waals surface area contributed by atoms with Crippen molar-refractivity contribution >= 4 is 18.0 Å². The lowest BCUT2D eigenvalue weighted by atomic mass is 10.1. The molecule has 0 unspecified atom stereocenters. The average molecular weight is 468 g/mol. The van der Waals surface area contributed by atoms with Gasteiger partial charge in [-0.25, -0.2) is 10.1 Å². The summed E-state index contributed by atoms with van der Waals surface area (Å²) in [6, 6.07) is 26.2. The normalized spacial score (nSPS) is 10.8. The number of carbonyl (C=O) groups excluding carboxylic acids is 2. The van der Waals surface area contributed by atoms with Crippen LogP contribution in [0.15, 0.2) is 96.2 Å². The van der Waals surface area contributed by atoms with E-state index in [2.05, 4.69) is 15.8 Å². The van der Waals surface area contributed by atoms with Gasteiger partial charge in [-0.15, -0.1) is 0 Å². The number of para-hydroxylation sites is 1. The summed E-state index contributed by atoms with van der Waals surface area (Å²) in [5.74, 6) is -0.124. The fourth-order valence-corrected chi connectivity index (χ4v) is 3.36. The Morgan fingerprint density at radius 3 is 2.34 bits per heavy atom. The Morgan fingerprint density at radius 1 is 0.971 bits per heavy atom. The van der Waals surface area contributed by atoms with Gasteiger partial charge in [-0.05, 0) is 43.3 Å². The summed E-state index contributed by atoms with van der Waals surface area (Å²) in [6.45, 7) is 2.23. The molecule has 2 amide bonds. The van der Waals surface area contributed by atoms with E-state index >= 15 is 0 Å². The second-order valence-electron chi connectivity index (χ2n) is 7.51. The van der Waals surface area contributed by atoms with Gasteiger partial charge < -0.3 is 10.1 Å². The van der Waals surface area contributed by atoms with Gasteiger partial charge in [0, 0.05) is 22.9 Å². The van der Waals surface area contributed by atoms with Crippen LogP contribution in [0.2, 0.25) is 0 Å². The molecule has 4 aromatic rings. The van der Waals surface area contributed by atoms with Crippen LogP contribution in [-0.2, 0) is 4.79 Å². The maximum atomic E-state index is 12.3. The highest BCUT2D eigenvalue weighted by Gasteiger charge is 2.11. The Bertz CT molecular complexity index is 1300. The first-order chi connectivity index (χ1) is 17.1. The fourth-order valence-electron chi connectivity index (χ4n) is 3.36. The van der Waals surface area contributed by atoms with E-state index in [1.807, 2.05) is 73.8 Å². The molecule has 2 N–H and O–H groups in total. The highest BCUT2D eigenvalue weighted by molar-refractivity contribution is 5.96. The number of amides is 2. The molecule has 0 spiro atoms. The van der Waals surface area contributed by atoms with Crippen molar-refractivity contribution in [2.24, 2.45) is 5.10 Å². The summed E-state index contributed by atoms with van der Waals surface area (Å²) in [6.07, 6.45) is 3.39. The zero-order valence-corrected chi connectivity index (χ0v) is 19.2. The molecule has 8 nitrogen and oxygen atoms in total. The van der Waals surface area contributed by atoms with Gasteiger partial charge in [-0.3, -0.25) is 9.59 Å². The summed E-state index contributed by atoms with van der Waals surface area (Å²) in [4.78, 5) is 24.5. The van der Waals surface area contributed by atoms with Crippen LogP contribution in [0.3, 0.4) is 0 Å². The predicted molar refractivity (Wildman–Crippen MR) is 135 cm³/mol. The van der Waals surface area contributed by atoms with Crippen LogP contribution in [0.4, 0.5) is 0 Å². The first-order valence-electron chi connectivity index (χ1n) is 11.2. The molecule has 1 aromatic heterocycles. The van der Waals surface area contributed by atoms with Crippen LogP contribution in [0, 0.1) is 0 Å². The highest BCUT2D eigenvalue weighted by Crippen LogP contribution is 2.22. The lowest BCUT2D eigenvalue weighted by molar-refractivity contribution is -0.120. The number of rotatable bonds is 9. The molecule has 0 atom stereocenters. The molecule has 0 aliphatic carbocycles. The fraction of sp³-hybridized carbons (Fsp3) is 0.111. The van der Waals surface area contributed by atoms with E-state index in [0.29, 0.717) is 17.9 Å². The van der Waals surface area contributed by atoms with Crippen LogP contribution in [-0.4, -0.2) is 41.0 Å². The number of nitrogens with zero attached hydrogens (tertiary/aromatic N) is 3. The molecule has 4 rings (SSSR count). The van der Waals surface area contributed by atoms with Crippen molar-refractivity contribution < 1.29 is 14.3 Å². The van der Waals surface area contributed by atoms with Crippen molar-refractivity contribution in [1.29, 1.82) is 0 Å². The Hall–Kier alpha value is -4.72. The number of nitrogens with one attached hydrogen (secondary N) is 2. The van der Waals surface area contributed by atoms with Crippen molar-refractivity contribution in [3.63, 3.8) is 0 Å². The Balaban J connectivity index is 1.39. The van der Waals surface area contributed by atoms with Crippen LogP contribution in [0.1, 0.15) is 22.8 Å². The molecule has 0 radical (unpaired) electrons. The summed E-state index contributed by atoms with van der Waals surface area (Å²) in [5, 5.41) is 11.4. The molecule has 0 aliphatic heterocycles. The number of aromatic nitrogens is 2. The molecular weight excluding hydrogens is 442 g/mol. The third-order valence-corrected chi connectivity index (χ3v) is 5.04. The van der Waals surface area contributed by atoms with Crippen LogP contribution in [0.5, 0.6) is 5.75 Å². The SMILES string of the molecule is CCOc1ccc(C(=O)NCC(=O)N/N=C/c2cn(-c3ccccc3)nc2-c2ccccc2)cc1. The molecule has 176 valence electrons. The third-order valence-electron chi connectivity index (χ3n) is 5.04. The quantitative estimate of drug-likeness (QED) is 0.289. The largest absolute Gasteiger partial charge is 0.494 e. The summed E-state index contributed by atoms with van der Waals surface area (Å²) < 4.78 is 7.13. The smallest absolute Gasteiger partial charge is 0.259 e. The molecule has 8 heteroatoms. The zero-order chi connectivity index (χ0) is 24.5. The van der Waals surface area contributed by atoms with Crippen molar-refractivity contribution in [3.05, 3.63) is 102 Å².